The van der Waals surface area contributed by atoms with Crippen molar-refractivity contribution in [2.45, 2.75) is 13.1 Å². The number of nitrogens with one attached hydrogen (secondary N) is 1. The highest BCUT2D eigenvalue weighted by Crippen LogP contribution is 2.17. The van der Waals surface area contributed by atoms with Crippen LogP contribution in [0.25, 0.3) is 0 Å². The van der Waals surface area contributed by atoms with E-state index in [0.717, 1.165) is 12.1 Å². The molecule has 1 aromatic carbocycles. The molecule has 0 fully saturated rings. The van der Waals surface area contributed by atoms with Gasteiger partial charge in [-0.25, -0.2) is 4.98 Å². The molecule has 0 aliphatic heterocycles. The number of hydrogen-bond donors (Lipinski definition) is 1. The number of hydrogen-bond acceptors (Lipinski definition) is 5. The van der Waals surface area contributed by atoms with Crippen LogP contribution in [0.15, 0.2) is 24.5 Å². The lowest BCUT2D eigenvalue weighted by Crippen LogP contribution is -2.14. The van der Waals surface area contributed by atoms with Crippen LogP contribution >= 0.6 is 0 Å². The van der Waals surface area contributed by atoms with E-state index in [1.807, 2.05) is 0 Å². The molecule has 0 bridgehead atoms. The Labute approximate surface area is 108 Å². The summed E-state index contributed by atoms with van der Waals surface area (Å²) in [6.45, 7) is 0.826. The minimum absolute atomic E-state index is 0.382. The highest BCUT2D eigenvalue weighted by Gasteiger charge is 2.13. The van der Waals surface area contributed by atoms with Gasteiger partial charge in [-0.2, -0.15) is 9.49 Å². The largest absolute Gasteiger partial charge is 0.306 e. The van der Waals surface area contributed by atoms with Gasteiger partial charge in [0.2, 0.25) is 5.82 Å². The van der Waals surface area contributed by atoms with Gasteiger partial charge in [-0.15, -0.1) is 0 Å². The minimum Gasteiger partial charge on any atom is -0.306 e. The molecule has 0 saturated heterocycles. The standard InChI is InChI=1S/C11H12FN5O2/c1-16-7-14-11(15-16)6-13-5-8-2-3-10(17(18)19)9(12)4-8/h2-4,7,13H,5-6H2,1H3. The monoisotopic (exact) mass is 265 g/mol. The van der Waals surface area contributed by atoms with Gasteiger partial charge in [0.15, 0.2) is 5.82 Å². The Bertz CT molecular complexity index is 599. The number of aromatic nitrogens is 3. The average molecular weight is 265 g/mol. The zero-order chi connectivity index (χ0) is 13.8. The zero-order valence-corrected chi connectivity index (χ0v) is 10.2. The molecule has 0 spiro atoms. The van der Waals surface area contributed by atoms with Gasteiger partial charge in [-0.05, 0) is 11.6 Å². The quantitative estimate of drug-likeness (QED) is 0.647. The summed E-state index contributed by atoms with van der Waals surface area (Å²) < 4.78 is 14.9. The first kappa shape index (κ1) is 13.1. The molecule has 0 aliphatic carbocycles. The van der Waals surface area contributed by atoms with E-state index in [1.54, 1.807) is 18.1 Å². The van der Waals surface area contributed by atoms with Gasteiger partial charge in [0.1, 0.15) is 6.33 Å². The van der Waals surface area contributed by atoms with Gasteiger partial charge in [0, 0.05) is 19.7 Å². The molecule has 8 heteroatoms. The molecule has 0 aliphatic rings. The number of aryl methyl sites for hydroxylation is 1. The Balaban J connectivity index is 1.93. The fourth-order valence-electron chi connectivity index (χ4n) is 1.59. The summed E-state index contributed by atoms with van der Waals surface area (Å²) in [5.41, 5.74) is 0.106. The fourth-order valence-corrected chi connectivity index (χ4v) is 1.59. The first-order valence-electron chi connectivity index (χ1n) is 5.54. The number of benzene rings is 1. The summed E-state index contributed by atoms with van der Waals surface area (Å²) in [6, 6.07) is 3.82. The molecule has 0 amide bonds. The lowest BCUT2D eigenvalue weighted by molar-refractivity contribution is -0.387. The maximum Gasteiger partial charge on any atom is 0.304 e. The summed E-state index contributed by atoms with van der Waals surface area (Å²) in [5.74, 6) is -0.204. The van der Waals surface area contributed by atoms with Crippen molar-refractivity contribution in [3.63, 3.8) is 0 Å². The number of nitrogens with zero attached hydrogens (tertiary/aromatic N) is 4. The minimum atomic E-state index is -0.833. The molecule has 0 radical (unpaired) electrons. The van der Waals surface area contributed by atoms with Gasteiger partial charge >= 0.3 is 5.69 Å². The summed E-state index contributed by atoms with van der Waals surface area (Å²) >= 11 is 0. The SMILES string of the molecule is Cn1cnc(CNCc2ccc([N+](=O)[O-])c(F)c2)n1. The van der Waals surface area contributed by atoms with E-state index >= 15 is 0 Å². The van der Waals surface area contributed by atoms with Crippen molar-refractivity contribution in [3.05, 3.63) is 51.8 Å². The van der Waals surface area contributed by atoms with Crippen molar-refractivity contribution in [2.24, 2.45) is 7.05 Å². The lowest BCUT2D eigenvalue weighted by Gasteiger charge is -2.03. The van der Waals surface area contributed by atoms with E-state index in [2.05, 4.69) is 15.4 Å². The fraction of sp³-hybridized carbons (Fsp3) is 0.273. The van der Waals surface area contributed by atoms with Crippen molar-refractivity contribution in [3.8, 4) is 0 Å². The molecule has 7 nitrogen and oxygen atoms in total. The van der Waals surface area contributed by atoms with Crippen LogP contribution in [0.2, 0.25) is 0 Å². The topological polar surface area (TPSA) is 85.9 Å². The predicted molar refractivity (Wildman–Crippen MR) is 64.6 cm³/mol. The molecular formula is C11H12FN5O2. The van der Waals surface area contributed by atoms with Gasteiger partial charge in [0.25, 0.3) is 0 Å². The second-order valence-corrected chi connectivity index (χ2v) is 3.98. The van der Waals surface area contributed by atoms with Crippen LogP contribution in [0, 0.1) is 15.9 Å². The summed E-state index contributed by atoms with van der Waals surface area (Å²) in [5, 5.41) is 17.6. The van der Waals surface area contributed by atoms with Crippen molar-refractivity contribution in [1.82, 2.24) is 20.1 Å². The van der Waals surface area contributed by atoms with Crippen LogP contribution in [0.5, 0.6) is 0 Å². The van der Waals surface area contributed by atoms with Crippen LogP contribution < -0.4 is 5.32 Å². The van der Waals surface area contributed by atoms with E-state index in [4.69, 9.17) is 0 Å². The summed E-state index contributed by atoms with van der Waals surface area (Å²) in [7, 11) is 1.77. The molecular weight excluding hydrogens is 253 g/mol. The summed E-state index contributed by atoms with van der Waals surface area (Å²) in [6.07, 6.45) is 1.59. The first-order valence-corrected chi connectivity index (χ1v) is 5.54. The third-order valence-corrected chi connectivity index (χ3v) is 2.47. The number of nitro groups is 1. The number of rotatable bonds is 5. The Morgan fingerprint density at radius 1 is 1.47 bits per heavy atom. The van der Waals surface area contributed by atoms with Gasteiger partial charge < -0.3 is 5.32 Å². The molecule has 0 unspecified atom stereocenters. The van der Waals surface area contributed by atoms with Crippen LogP contribution in [0.4, 0.5) is 10.1 Å². The van der Waals surface area contributed by atoms with Crippen LogP contribution in [0.1, 0.15) is 11.4 Å². The molecule has 1 aromatic heterocycles. The molecule has 100 valence electrons. The predicted octanol–water partition coefficient (Wildman–Crippen LogP) is 1.15. The maximum absolute atomic E-state index is 13.4. The first-order chi connectivity index (χ1) is 9.06. The Hall–Kier alpha value is -2.35. The molecule has 1 N–H and O–H groups in total. The molecule has 19 heavy (non-hydrogen) atoms. The highest BCUT2D eigenvalue weighted by atomic mass is 19.1. The third kappa shape index (κ3) is 3.32. The molecule has 0 atom stereocenters. The lowest BCUT2D eigenvalue weighted by atomic mass is 10.2. The van der Waals surface area contributed by atoms with E-state index < -0.39 is 16.4 Å². The molecule has 2 rings (SSSR count). The normalized spacial score (nSPS) is 10.6. The zero-order valence-electron chi connectivity index (χ0n) is 10.2. The average Bonchev–Trinajstić information content (AvgIpc) is 2.75. The van der Waals surface area contributed by atoms with Crippen molar-refractivity contribution in [2.75, 3.05) is 0 Å². The van der Waals surface area contributed by atoms with E-state index in [1.165, 1.54) is 6.07 Å². The van der Waals surface area contributed by atoms with Crippen molar-refractivity contribution < 1.29 is 9.31 Å². The Morgan fingerprint density at radius 2 is 2.26 bits per heavy atom. The number of nitro benzene ring substituents is 1. The van der Waals surface area contributed by atoms with E-state index in [0.29, 0.717) is 24.5 Å². The summed E-state index contributed by atoms with van der Waals surface area (Å²) in [4.78, 5) is 13.7. The third-order valence-electron chi connectivity index (χ3n) is 2.47. The van der Waals surface area contributed by atoms with Crippen LogP contribution in [-0.4, -0.2) is 19.7 Å². The maximum atomic E-state index is 13.4. The molecule has 1 heterocycles. The molecule has 0 saturated carbocycles. The Morgan fingerprint density at radius 3 is 2.84 bits per heavy atom. The van der Waals surface area contributed by atoms with Crippen molar-refractivity contribution in [1.29, 1.82) is 0 Å². The van der Waals surface area contributed by atoms with Gasteiger partial charge in [0.05, 0.1) is 11.5 Å². The second kappa shape index (κ2) is 5.53. The second-order valence-electron chi connectivity index (χ2n) is 3.98. The van der Waals surface area contributed by atoms with E-state index in [-0.39, 0.29) is 0 Å². The van der Waals surface area contributed by atoms with Crippen molar-refractivity contribution >= 4 is 5.69 Å². The molecule has 2 aromatic rings. The Kier molecular flexibility index (Phi) is 3.81. The smallest absolute Gasteiger partial charge is 0.304 e. The van der Waals surface area contributed by atoms with Gasteiger partial charge in [-0.3, -0.25) is 14.8 Å². The van der Waals surface area contributed by atoms with Gasteiger partial charge in [-0.1, -0.05) is 6.07 Å². The van der Waals surface area contributed by atoms with E-state index in [9.17, 15) is 14.5 Å². The number of halogens is 1. The van der Waals surface area contributed by atoms with Crippen LogP contribution in [-0.2, 0) is 20.1 Å². The van der Waals surface area contributed by atoms with Crippen LogP contribution in [0.3, 0.4) is 0 Å². The highest BCUT2D eigenvalue weighted by molar-refractivity contribution is 5.34.